The number of ether oxygens (including phenoxy) is 1. The molecule has 1 fully saturated rings. The van der Waals surface area contributed by atoms with Gasteiger partial charge in [-0.3, -0.25) is 4.98 Å². The van der Waals surface area contributed by atoms with E-state index >= 15 is 0 Å². The van der Waals surface area contributed by atoms with Gasteiger partial charge in [0.1, 0.15) is 6.10 Å². The van der Waals surface area contributed by atoms with E-state index in [1.54, 1.807) is 0 Å². The maximum Gasteiger partial charge on any atom is 0.111 e. The summed E-state index contributed by atoms with van der Waals surface area (Å²) in [6, 6.07) is 9.08. The molecule has 178 valence electrons. The van der Waals surface area contributed by atoms with Crippen molar-refractivity contribution in [2.45, 2.75) is 110 Å². The molecule has 3 heteroatoms. The molecule has 2 aromatic rings. The van der Waals surface area contributed by atoms with Crippen LogP contribution in [0.15, 0.2) is 24.3 Å². The highest BCUT2D eigenvalue weighted by Gasteiger charge is 2.52. The van der Waals surface area contributed by atoms with E-state index < -0.39 is 6.10 Å². The molecule has 0 saturated heterocycles. The Morgan fingerprint density at radius 1 is 1.03 bits per heavy atom. The van der Waals surface area contributed by atoms with Crippen LogP contribution in [0.4, 0.5) is 0 Å². The highest BCUT2D eigenvalue weighted by molar-refractivity contribution is 5.54. The van der Waals surface area contributed by atoms with Gasteiger partial charge in [0.2, 0.25) is 0 Å². The van der Waals surface area contributed by atoms with Gasteiger partial charge >= 0.3 is 0 Å². The molecule has 1 N–H and O–H groups in total. The molecule has 5 rings (SSSR count). The number of hydrogen-bond donors (Lipinski definition) is 1. The number of rotatable bonds is 4. The summed E-state index contributed by atoms with van der Waals surface area (Å²) < 4.78 is 7.09. The van der Waals surface area contributed by atoms with Gasteiger partial charge in [0.25, 0.3) is 0 Å². The molecule has 0 radical (unpaired) electrons. The van der Waals surface area contributed by atoms with Crippen molar-refractivity contribution in [1.82, 2.24) is 4.98 Å². The number of hydrogen-bond acceptors (Lipinski definition) is 3. The minimum atomic E-state index is -0.459. The summed E-state index contributed by atoms with van der Waals surface area (Å²) in [5, 5.41) is 11.4. The fourth-order valence-corrected chi connectivity index (χ4v) is 6.72. The Hall–Kier alpha value is -1.71. The molecule has 1 spiro atoms. The fraction of sp³-hybridized carbons (Fsp3) is 0.633. The second-order valence-corrected chi connectivity index (χ2v) is 12.4. The molecular formula is C30H41NO2. The predicted molar refractivity (Wildman–Crippen MR) is 133 cm³/mol. The van der Waals surface area contributed by atoms with Crippen LogP contribution in [0.5, 0.6) is 0 Å². The molecule has 1 saturated carbocycles. The lowest BCUT2D eigenvalue weighted by atomic mass is 9.70. The predicted octanol–water partition coefficient (Wildman–Crippen LogP) is 7.30. The minimum absolute atomic E-state index is 0.0653. The van der Waals surface area contributed by atoms with Crippen LogP contribution in [0.3, 0.4) is 0 Å². The van der Waals surface area contributed by atoms with Crippen LogP contribution in [0, 0.1) is 11.3 Å². The van der Waals surface area contributed by atoms with Crippen LogP contribution < -0.4 is 0 Å². The van der Waals surface area contributed by atoms with Crippen molar-refractivity contribution < 1.29 is 9.84 Å². The topological polar surface area (TPSA) is 42.4 Å². The lowest BCUT2D eigenvalue weighted by Crippen LogP contribution is -2.32. The molecule has 2 atom stereocenters. The Labute approximate surface area is 200 Å². The van der Waals surface area contributed by atoms with E-state index in [1.807, 2.05) is 0 Å². The van der Waals surface area contributed by atoms with Gasteiger partial charge < -0.3 is 9.84 Å². The number of aromatic nitrogens is 1. The van der Waals surface area contributed by atoms with Crippen LogP contribution in [0.2, 0.25) is 0 Å². The Balaban J connectivity index is 1.70. The molecule has 33 heavy (non-hydrogen) atoms. The maximum atomic E-state index is 11.4. The first-order valence-corrected chi connectivity index (χ1v) is 13.1. The average Bonchev–Trinajstić information content (AvgIpc) is 3.32. The third kappa shape index (κ3) is 3.96. The zero-order chi connectivity index (χ0) is 23.5. The smallest absolute Gasteiger partial charge is 0.111 e. The summed E-state index contributed by atoms with van der Waals surface area (Å²) in [6.07, 6.45) is 6.74. The zero-order valence-electron chi connectivity index (χ0n) is 21.4. The summed E-state index contributed by atoms with van der Waals surface area (Å²) in [5.74, 6) is 0.962. The molecule has 1 aromatic carbocycles. The first kappa shape index (κ1) is 23.1. The average molecular weight is 448 g/mol. The van der Waals surface area contributed by atoms with Crippen molar-refractivity contribution in [1.29, 1.82) is 0 Å². The monoisotopic (exact) mass is 447 g/mol. The van der Waals surface area contributed by atoms with E-state index in [9.17, 15) is 5.11 Å². The number of fused-ring (bicyclic) bond motifs is 4. The summed E-state index contributed by atoms with van der Waals surface area (Å²) in [5.41, 5.74) is 8.38. The number of pyridine rings is 1. The van der Waals surface area contributed by atoms with Gasteiger partial charge in [-0.1, -0.05) is 78.6 Å². The van der Waals surface area contributed by atoms with Crippen LogP contribution >= 0.6 is 0 Å². The normalized spacial score (nSPS) is 25.1. The largest absolute Gasteiger partial charge is 0.388 e. The van der Waals surface area contributed by atoms with Gasteiger partial charge in [0.05, 0.1) is 11.7 Å². The standard InChI is InChI=1S/C30H41NO2/c1-18(2)15-20-9-11-21(12-10-20)28-25-26(30(33-28)13-7-8-14-30)24-22(31-27(25)19(3)4)16-29(5,6)17-23(24)32/h9-12,18-19,23,28,32H,7-8,13-17H2,1-6H3/t23?,28-/m1/s1. The van der Waals surface area contributed by atoms with Gasteiger partial charge in [-0.15, -0.1) is 0 Å². The first-order chi connectivity index (χ1) is 15.6. The van der Waals surface area contributed by atoms with Gasteiger partial charge in [0.15, 0.2) is 0 Å². The maximum absolute atomic E-state index is 11.4. The summed E-state index contributed by atoms with van der Waals surface area (Å²) >= 11 is 0. The van der Waals surface area contributed by atoms with E-state index in [-0.39, 0.29) is 17.1 Å². The SMILES string of the molecule is CC(C)Cc1ccc([C@H]2OC3(CCCC3)c3c4c(nc(C(C)C)c32)CC(C)(C)CC4O)cc1. The van der Waals surface area contributed by atoms with Gasteiger partial charge in [0, 0.05) is 22.5 Å². The van der Waals surface area contributed by atoms with E-state index in [4.69, 9.17) is 9.72 Å². The van der Waals surface area contributed by atoms with Crippen LogP contribution in [0.1, 0.15) is 131 Å². The van der Waals surface area contributed by atoms with Crippen LogP contribution in [0.25, 0.3) is 0 Å². The summed E-state index contributed by atoms with van der Waals surface area (Å²) in [4.78, 5) is 5.28. The van der Waals surface area contributed by atoms with E-state index in [0.29, 0.717) is 11.8 Å². The molecule has 1 aromatic heterocycles. The molecule has 2 aliphatic carbocycles. The third-order valence-electron chi connectivity index (χ3n) is 8.05. The Bertz CT molecular complexity index is 1030. The highest BCUT2D eigenvalue weighted by atomic mass is 16.5. The van der Waals surface area contributed by atoms with E-state index in [0.717, 1.165) is 43.4 Å². The zero-order valence-corrected chi connectivity index (χ0v) is 21.4. The lowest BCUT2D eigenvalue weighted by molar-refractivity contribution is -0.0580. The number of nitrogens with zero attached hydrogens (tertiary/aromatic N) is 1. The molecule has 0 amide bonds. The summed E-state index contributed by atoms with van der Waals surface area (Å²) in [6.45, 7) is 13.6. The van der Waals surface area contributed by atoms with Crippen molar-refractivity contribution in [2.75, 3.05) is 0 Å². The third-order valence-corrected chi connectivity index (χ3v) is 8.05. The number of benzene rings is 1. The molecule has 0 bridgehead atoms. The Morgan fingerprint density at radius 2 is 1.70 bits per heavy atom. The second-order valence-electron chi connectivity index (χ2n) is 12.4. The van der Waals surface area contributed by atoms with Gasteiger partial charge in [-0.2, -0.15) is 0 Å². The molecular weight excluding hydrogens is 406 g/mol. The minimum Gasteiger partial charge on any atom is -0.388 e. The molecule has 2 heterocycles. The van der Waals surface area contributed by atoms with Crippen molar-refractivity contribution in [2.24, 2.45) is 11.3 Å². The lowest BCUT2D eigenvalue weighted by Gasteiger charge is -2.38. The van der Waals surface area contributed by atoms with Crippen molar-refractivity contribution in [3.05, 3.63) is 63.5 Å². The van der Waals surface area contributed by atoms with E-state index in [2.05, 4.69) is 65.8 Å². The first-order valence-electron chi connectivity index (χ1n) is 13.1. The Morgan fingerprint density at radius 3 is 2.30 bits per heavy atom. The highest BCUT2D eigenvalue weighted by Crippen LogP contribution is 2.59. The fourth-order valence-electron chi connectivity index (χ4n) is 6.72. The number of aliphatic hydroxyl groups is 1. The molecule has 3 nitrogen and oxygen atoms in total. The van der Waals surface area contributed by atoms with Crippen LogP contribution in [-0.2, 0) is 23.2 Å². The van der Waals surface area contributed by atoms with Crippen molar-refractivity contribution in [3.63, 3.8) is 0 Å². The Kier molecular flexibility index (Phi) is 5.73. The second kappa shape index (κ2) is 8.20. The van der Waals surface area contributed by atoms with Gasteiger partial charge in [-0.25, -0.2) is 0 Å². The molecule has 3 aliphatic rings. The summed E-state index contributed by atoms with van der Waals surface area (Å²) in [7, 11) is 0. The molecule has 1 unspecified atom stereocenters. The van der Waals surface area contributed by atoms with E-state index in [1.165, 1.54) is 40.8 Å². The molecule has 1 aliphatic heterocycles. The van der Waals surface area contributed by atoms with Crippen molar-refractivity contribution in [3.8, 4) is 0 Å². The van der Waals surface area contributed by atoms with Crippen LogP contribution in [-0.4, -0.2) is 10.1 Å². The van der Waals surface area contributed by atoms with Gasteiger partial charge in [-0.05, 0) is 66.0 Å². The van der Waals surface area contributed by atoms with Crippen molar-refractivity contribution >= 4 is 0 Å². The quantitative estimate of drug-likeness (QED) is 0.535. The number of aliphatic hydroxyl groups excluding tert-OH is 1.